The molecule has 0 aliphatic heterocycles. The molecule has 0 saturated heterocycles. The topological polar surface area (TPSA) is 102 Å². The van der Waals surface area contributed by atoms with Gasteiger partial charge in [-0.15, -0.1) is 24.8 Å². The minimum Gasteiger partial charge on any atom is -0.394 e. The van der Waals surface area contributed by atoms with Gasteiger partial charge in [-0.3, -0.25) is 5.41 Å². The van der Waals surface area contributed by atoms with Crippen molar-refractivity contribution in [3.63, 3.8) is 0 Å². The Morgan fingerprint density at radius 3 is 2.25 bits per heavy atom. The van der Waals surface area contributed by atoms with Crippen LogP contribution in [0.1, 0.15) is 32.6 Å². The predicted octanol–water partition coefficient (Wildman–Crippen LogP) is 0.615. The first-order valence-corrected chi connectivity index (χ1v) is 4.92. The summed E-state index contributed by atoms with van der Waals surface area (Å²) in [4.78, 5) is 0. The van der Waals surface area contributed by atoms with Gasteiger partial charge in [-0.2, -0.15) is 0 Å². The van der Waals surface area contributed by atoms with Crippen LogP contribution < -0.4 is 11.1 Å². The van der Waals surface area contributed by atoms with Gasteiger partial charge in [0.2, 0.25) is 0 Å². The Bertz CT molecular complexity index is 173. The molecule has 0 heterocycles. The second kappa shape index (κ2) is 13.0. The lowest BCUT2D eigenvalue weighted by molar-refractivity contribution is 0.0859. The van der Waals surface area contributed by atoms with Crippen LogP contribution in [0.15, 0.2) is 0 Å². The maximum atomic E-state index is 9.04. The van der Waals surface area contributed by atoms with Gasteiger partial charge in [0.05, 0.1) is 24.7 Å². The summed E-state index contributed by atoms with van der Waals surface area (Å²) in [6.45, 7) is 1.47. The third-order valence-corrected chi connectivity index (χ3v) is 1.92. The summed E-state index contributed by atoms with van der Waals surface area (Å²) in [5.41, 5.74) is 5.66. The van der Waals surface area contributed by atoms with Crippen LogP contribution in [0.3, 0.4) is 0 Å². The maximum Gasteiger partial charge on any atom is 0.0911 e. The molecule has 0 aromatic heterocycles. The molecule has 100 valence electrons. The molecule has 0 radical (unpaired) electrons. The zero-order valence-corrected chi connectivity index (χ0v) is 11.1. The fourth-order valence-electron chi connectivity index (χ4n) is 1.19. The van der Waals surface area contributed by atoms with Crippen LogP contribution in [0.4, 0.5) is 0 Å². The monoisotopic (exact) mass is 275 g/mol. The highest BCUT2D eigenvalue weighted by Gasteiger charge is 2.04. The third kappa shape index (κ3) is 13.9. The van der Waals surface area contributed by atoms with Crippen molar-refractivity contribution in [1.82, 2.24) is 5.32 Å². The van der Waals surface area contributed by atoms with Crippen molar-refractivity contribution in [2.75, 3.05) is 6.61 Å². The van der Waals surface area contributed by atoms with E-state index < -0.39 is 6.10 Å². The lowest BCUT2D eigenvalue weighted by Crippen LogP contribution is -2.39. The van der Waals surface area contributed by atoms with Crippen molar-refractivity contribution in [2.45, 2.75) is 44.9 Å². The minimum absolute atomic E-state index is 0. The van der Waals surface area contributed by atoms with E-state index in [1.807, 2.05) is 0 Å². The highest BCUT2D eigenvalue weighted by atomic mass is 35.5. The molecule has 0 fully saturated rings. The molecular formula is C9H23Cl2N3O2. The van der Waals surface area contributed by atoms with Gasteiger partial charge in [-0.25, -0.2) is 0 Å². The van der Waals surface area contributed by atoms with Gasteiger partial charge in [0.15, 0.2) is 0 Å². The van der Waals surface area contributed by atoms with Crippen LogP contribution >= 0.6 is 24.8 Å². The van der Waals surface area contributed by atoms with Gasteiger partial charge in [0.25, 0.3) is 0 Å². The van der Waals surface area contributed by atoms with E-state index in [0.29, 0.717) is 12.3 Å². The first kappa shape index (κ1) is 21.2. The smallest absolute Gasteiger partial charge is 0.0911 e. The van der Waals surface area contributed by atoms with E-state index in [2.05, 4.69) is 5.32 Å². The maximum absolute atomic E-state index is 9.04. The van der Waals surface area contributed by atoms with E-state index in [-0.39, 0.29) is 37.6 Å². The molecule has 2 unspecified atom stereocenters. The Balaban J connectivity index is -0.000000845. The van der Waals surface area contributed by atoms with Crippen molar-refractivity contribution >= 4 is 30.6 Å². The fraction of sp³-hybridized carbons (Fsp3) is 0.889. The average molecular weight is 276 g/mol. The van der Waals surface area contributed by atoms with E-state index in [1.165, 1.54) is 0 Å². The molecule has 0 aromatic rings. The van der Waals surface area contributed by atoms with Crippen LogP contribution in [-0.2, 0) is 0 Å². The van der Waals surface area contributed by atoms with Gasteiger partial charge in [0.1, 0.15) is 0 Å². The molecule has 0 spiro atoms. The number of amidine groups is 1. The fourth-order valence-corrected chi connectivity index (χ4v) is 1.19. The molecule has 7 heteroatoms. The summed E-state index contributed by atoms with van der Waals surface area (Å²) in [6.07, 6.45) is 2.32. The minimum atomic E-state index is -0.608. The Labute approximate surface area is 109 Å². The van der Waals surface area contributed by atoms with Gasteiger partial charge >= 0.3 is 0 Å². The molecule has 0 aliphatic carbocycles. The highest BCUT2D eigenvalue weighted by molar-refractivity contribution is 5.85. The average Bonchev–Trinajstić information content (AvgIpc) is 2.10. The normalized spacial score (nSPS) is 13.0. The Hall–Kier alpha value is -0.0700. The van der Waals surface area contributed by atoms with Crippen molar-refractivity contribution < 1.29 is 10.2 Å². The van der Waals surface area contributed by atoms with Crippen LogP contribution in [0.5, 0.6) is 0 Å². The summed E-state index contributed by atoms with van der Waals surface area (Å²) in [6, 6.07) is 0. The van der Waals surface area contributed by atoms with Crippen molar-refractivity contribution in [2.24, 2.45) is 5.73 Å². The van der Waals surface area contributed by atoms with E-state index in [1.54, 1.807) is 6.92 Å². The number of aliphatic hydroxyl groups excluding tert-OH is 2. The molecule has 6 N–H and O–H groups in total. The number of hydrogen-bond acceptors (Lipinski definition) is 4. The van der Waals surface area contributed by atoms with Gasteiger partial charge in [0, 0.05) is 0 Å². The Kier molecular flexibility index (Phi) is 17.3. The number of unbranched alkanes of at least 4 members (excludes halogenated alkanes) is 1. The number of rotatable bonds is 7. The molecule has 0 bridgehead atoms. The molecular weight excluding hydrogens is 253 g/mol. The second-order valence-electron chi connectivity index (χ2n) is 3.50. The second-order valence-corrected chi connectivity index (χ2v) is 3.50. The van der Waals surface area contributed by atoms with E-state index in [9.17, 15) is 0 Å². The zero-order valence-electron chi connectivity index (χ0n) is 9.48. The van der Waals surface area contributed by atoms with Crippen molar-refractivity contribution in [3.05, 3.63) is 0 Å². The summed E-state index contributed by atoms with van der Waals surface area (Å²) in [7, 11) is 0. The van der Waals surface area contributed by atoms with Crippen LogP contribution in [0.2, 0.25) is 0 Å². The molecule has 16 heavy (non-hydrogen) atoms. The SMILES string of the molecule is CC(=N)NC(N)CCCCC(O)CO.Cl.Cl. The molecule has 0 aromatic carbocycles. The van der Waals surface area contributed by atoms with Gasteiger partial charge in [-0.05, 0) is 26.2 Å². The van der Waals surface area contributed by atoms with Crippen molar-refractivity contribution in [1.29, 1.82) is 5.41 Å². The quantitative estimate of drug-likeness (QED) is 0.203. The molecule has 2 atom stereocenters. The predicted molar refractivity (Wildman–Crippen MR) is 70.6 cm³/mol. The number of nitrogens with one attached hydrogen (secondary N) is 2. The lowest BCUT2D eigenvalue weighted by atomic mass is 10.1. The van der Waals surface area contributed by atoms with Crippen LogP contribution in [-0.4, -0.2) is 34.9 Å². The van der Waals surface area contributed by atoms with E-state index in [0.717, 1.165) is 19.3 Å². The molecule has 5 nitrogen and oxygen atoms in total. The van der Waals surface area contributed by atoms with Crippen LogP contribution in [0.25, 0.3) is 0 Å². The summed E-state index contributed by atoms with van der Waals surface area (Å²) < 4.78 is 0. The number of aliphatic hydroxyl groups is 2. The molecule has 0 aliphatic rings. The first-order valence-electron chi connectivity index (χ1n) is 4.92. The largest absolute Gasteiger partial charge is 0.394 e. The van der Waals surface area contributed by atoms with Gasteiger partial charge in [-0.1, -0.05) is 6.42 Å². The summed E-state index contributed by atoms with van der Waals surface area (Å²) in [5.74, 6) is 0.368. The first-order chi connectivity index (χ1) is 6.56. The zero-order chi connectivity index (χ0) is 11.0. The molecule has 0 saturated carbocycles. The number of nitrogens with two attached hydrogens (primary N) is 1. The number of hydrogen-bond donors (Lipinski definition) is 5. The summed E-state index contributed by atoms with van der Waals surface area (Å²) >= 11 is 0. The van der Waals surface area contributed by atoms with Crippen LogP contribution in [0, 0.1) is 5.41 Å². The molecule has 0 rings (SSSR count). The Morgan fingerprint density at radius 1 is 1.31 bits per heavy atom. The molecule has 0 amide bonds. The lowest BCUT2D eigenvalue weighted by Gasteiger charge is -2.13. The van der Waals surface area contributed by atoms with Gasteiger partial charge < -0.3 is 21.3 Å². The standard InChI is InChI=1S/C9H21N3O2.2ClH/c1-7(10)12-9(11)5-3-2-4-8(14)6-13;;/h8-9,13-14H,2-6,11H2,1H3,(H2,10,12);2*1H. The Morgan fingerprint density at radius 2 is 1.81 bits per heavy atom. The van der Waals surface area contributed by atoms with E-state index >= 15 is 0 Å². The summed E-state index contributed by atoms with van der Waals surface area (Å²) in [5, 5.41) is 27.5. The highest BCUT2D eigenvalue weighted by Crippen LogP contribution is 2.04. The van der Waals surface area contributed by atoms with E-state index in [4.69, 9.17) is 21.4 Å². The van der Waals surface area contributed by atoms with Crippen molar-refractivity contribution in [3.8, 4) is 0 Å². The third-order valence-electron chi connectivity index (χ3n) is 1.92. The number of halogens is 2.